The highest BCUT2D eigenvalue weighted by molar-refractivity contribution is 6.35. The number of amides is 1. The summed E-state index contributed by atoms with van der Waals surface area (Å²) >= 11 is 12.0. The Kier molecular flexibility index (Phi) is 4.59. The Morgan fingerprint density at radius 2 is 1.95 bits per heavy atom. The molecule has 1 aromatic carbocycles. The summed E-state index contributed by atoms with van der Waals surface area (Å²) in [6, 6.07) is 5.02. The van der Waals surface area contributed by atoms with E-state index in [0.717, 1.165) is 42.7 Å². The summed E-state index contributed by atoms with van der Waals surface area (Å²) in [4.78, 5) is 15.1. The van der Waals surface area contributed by atoms with E-state index in [1.807, 2.05) is 6.07 Å². The van der Waals surface area contributed by atoms with Gasteiger partial charge in [0.15, 0.2) is 5.82 Å². The van der Waals surface area contributed by atoms with E-state index in [1.54, 1.807) is 17.0 Å². The summed E-state index contributed by atoms with van der Waals surface area (Å²) in [7, 11) is 0. The van der Waals surface area contributed by atoms with Crippen LogP contribution in [-0.4, -0.2) is 44.2 Å². The first-order valence-corrected chi connectivity index (χ1v) is 7.91. The normalized spacial score (nSPS) is 15.1. The van der Waals surface area contributed by atoms with Crippen LogP contribution >= 0.6 is 23.2 Å². The lowest BCUT2D eigenvalue weighted by Gasteiger charge is -2.25. The van der Waals surface area contributed by atoms with Gasteiger partial charge in [-0.15, -0.1) is 10.2 Å². The summed E-state index contributed by atoms with van der Waals surface area (Å²) in [5.74, 6) is 0.453. The molecule has 3 rings (SSSR count). The molecule has 8 heteroatoms. The number of carbonyl (C=O) groups is 1. The van der Waals surface area contributed by atoms with E-state index in [1.165, 1.54) is 0 Å². The molecule has 22 heavy (non-hydrogen) atoms. The molecule has 1 saturated heterocycles. The Hall–Kier alpha value is -1.66. The number of likely N-dealkylation sites (tertiary alicyclic amines) is 1. The van der Waals surface area contributed by atoms with E-state index in [0.29, 0.717) is 22.3 Å². The minimum absolute atomic E-state index is 0.222. The number of benzene rings is 1. The lowest BCUT2D eigenvalue weighted by molar-refractivity contribution is 0.180. The van der Waals surface area contributed by atoms with Gasteiger partial charge in [-0.25, -0.2) is 4.79 Å². The van der Waals surface area contributed by atoms with Crippen LogP contribution in [0.1, 0.15) is 30.7 Å². The molecule has 2 heterocycles. The molecule has 0 atom stereocenters. The van der Waals surface area contributed by atoms with Crippen LogP contribution in [0.15, 0.2) is 18.2 Å². The molecule has 0 radical (unpaired) electrons. The summed E-state index contributed by atoms with van der Waals surface area (Å²) in [6.45, 7) is 1.50. The fraction of sp³-hybridized carbons (Fsp3) is 0.429. The van der Waals surface area contributed by atoms with Crippen LogP contribution < -0.4 is 0 Å². The molecule has 0 unspecified atom stereocenters. The molecule has 1 amide bonds. The molecule has 0 saturated carbocycles. The van der Waals surface area contributed by atoms with Crippen molar-refractivity contribution < 1.29 is 4.79 Å². The molecule has 6 nitrogen and oxygen atoms in total. The van der Waals surface area contributed by atoms with Gasteiger partial charge in [-0.3, -0.25) is 0 Å². The van der Waals surface area contributed by atoms with E-state index in [-0.39, 0.29) is 6.03 Å². The quantitative estimate of drug-likeness (QED) is 0.843. The Morgan fingerprint density at radius 3 is 2.68 bits per heavy atom. The highest BCUT2D eigenvalue weighted by Crippen LogP contribution is 2.22. The third-order valence-corrected chi connectivity index (χ3v) is 4.20. The predicted molar refractivity (Wildman–Crippen MR) is 83.3 cm³/mol. The highest BCUT2D eigenvalue weighted by Gasteiger charge is 2.20. The average molecular weight is 340 g/mol. The summed E-state index contributed by atoms with van der Waals surface area (Å²) < 4.78 is 0. The number of hydrogen-bond acceptors (Lipinski definition) is 4. The van der Waals surface area contributed by atoms with E-state index < -0.39 is 0 Å². The first-order chi connectivity index (χ1) is 10.6. The molecule has 1 aliphatic rings. The third kappa shape index (κ3) is 3.39. The summed E-state index contributed by atoms with van der Waals surface area (Å²) in [5.41, 5.74) is 0.844. The van der Waals surface area contributed by atoms with Crippen molar-refractivity contribution >= 4 is 29.2 Å². The van der Waals surface area contributed by atoms with Crippen molar-refractivity contribution in [3.8, 4) is 0 Å². The maximum Gasteiger partial charge on any atom is 0.363 e. The van der Waals surface area contributed by atoms with Gasteiger partial charge in [0.25, 0.3) is 0 Å². The fourth-order valence-corrected chi connectivity index (χ4v) is 2.92. The zero-order valence-corrected chi connectivity index (χ0v) is 13.4. The van der Waals surface area contributed by atoms with E-state index in [4.69, 9.17) is 23.2 Å². The van der Waals surface area contributed by atoms with Crippen molar-refractivity contribution in [2.75, 3.05) is 13.1 Å². The molecule has 1 fully saturated rings. The molecule has 0 bridgehead atoms. The number of halogens is 2. The van der Waals surface area contributed by atoms with Crippen molar-refractivity contribution in [1.29, 1.82) is 0 Å². The number of tetrazole rings is 1. The van der Waals surface area contributed by atoms with Crippen LogP contribution in [-0.2, 0) is 6.42 Å². The Bertz CT molecular complexity index is 682. The lowest BCUT2D eigenvalue weighted by atomic mass is 10.1. The van der Waals surface area contributed by atoms with Crippen LogP contribution in [0.25, 0.3) is 0 Å². The zero-order chi connectivity index (χ0) is 15.5. The molecular formula is C14H15Cl2N5O. The molecule has 1 aliphatic heterocycles. The van der Waals surface area contributed by atoms with Gasteiger partial charge in [-0.05, 0) is 42.2 Å². The number of hydrogen-bond donors (Lipinski definition) is 0. The molecule has 0 aliphatic carbocycles. The van der Waals surface area contributed by atoms with Gasteiger partial charge in [0.1, 0.15) is 0 Å². The standard InChI is InChI=1S/C14H15Cl2N5O/c15-11-5-4-10(12(16)9-11)8-13-17-19-21(18-13)14(22)20-6-2-1-3-7-20/h4-5,9H,1-3,6-8H2. The van der Waals surface area contributed by atoms with Gasteiger partial charge >= 0.3 is 6.03 Å². The number of carbonyl (C=O) groups excluding carboxylic acids is 1. The minimum Gasteiger partial charge on any atom is -0.322 e. The fourth-order valence-electron chi connectivity index (χ4n) is 2.44. The van der Waals surface area contributed by atoms with Gasteiger partial charge in [-0.2, -0.15) is 0 Å². The number of aromatic nitrogens is 4. The summed E-state index contributed by atoms with van der Waals surface area (Å²) in [5, 5.41) is 13.1. The van der Waals surface area contributed by atoms with E-state index >= 15 is 0 Å². The second kappa shape index (κ2) is 6.62. The second-order valence-corrected chi connectivity index (χ2v) is 6.08. The van der Waals surface area contributed by atoms with Crippen LogP contribution in [0, 0.1) is 0 Å². The molecule has 1 aromatic heterocycles. The Balaban J connectivity index is 1.71. The Morgan fingerprint density at radius 1 is 1.18 bits per heavy atom. The first kappa shape index (κ1) is 15.2. The maximum absolute atomic E-state index is 12.3. The minimum atomic E-state index is -0.222. The molecule has 0 N–H and O–H groups in total. The monoisotopic (exact) mass is 339 g/mol. The average Bonchev–Trinajstić information content (AvgIpc) is 2.99. The molecular weight excluding hydrogens is 325 g/mol. The maximum atomic E-state index is 12.3. The molecule has 0 spiro atoms. The topological polar surface area (TPSA) is 63.9 Å². The predicted octanol–water partition coefficient (Wildman–Crippen LogP) is 3.02. The lowest BCUT2D eigenvalue weighted by Crippen LogP contribution is -2.39. The third-order valence-electron chi connectivity index (χ3n) is 3.62. The Labute approximate surface area is 138 Å². The number of piperidine rings is 1. The summed E-state index contributed by atoms with van der Waals surface area (Å²) in [6.07, 6.45) is 3.61. The van der Waals surface area contributed by atoms with Crippen LogP contribution in [0.3, 0.4) is 0 Å². The smallest absolute Gasteiger partial charge is 0.322 e. The van der Waals surface area contributed by atoms with E-state index in [9.17, 15) is 4.79 Å². The van der Waals surface area contributed by atoms with Crippen molar-refractivity contribution in [3.05, 3.63) is 39.6 Å². The van der Waals surface area contributed by atoms with Gasteiger partial charge in [0.2, 0.25) is 0 Å². The van der Waals surface area contributed by atoms with Gasteiger partial charge < -0.3 is 4.90 Å². The van der Waals surface area contributed by atoms with E-state index in [2.05, 4.69) is 15.4 Å². The van der Waals surface area contributed by atoms with Crippen LogP contribution in [0.2, 0.25) is 10.0 Å². The largest absolute Gasteiger partial charge is 0.363 e. The SMILES string of the molecule is O=C(N1CCCCC1)n1nnc(Cc2ccc(Cl)cc2Cl)n1. The zero-order valence-electron chi connectivity index (χ0n) is 11.9. The van der Waals surface area contributed by atoms with Crippen LogP contribution in [0.4, 0.5) is 4.79 Å². The number of nitrogens with zero attached hydrogens (tertiary/aromatic N) is 5. The molecule has 2 aromatic rings. The van der Waals surface area contributed by atoms with Crippen LogP contribution in [0.5, 0.6) is 0 Å². The number of rotatable bonds is 2. The van der Waals surface area contributed by atoms with Crippen molar-refractivity contribution in [2.24, 2.45) is 0 Å². The van der Waals surface area contributed by atoms with Gasteiger partial charge in [0, 0.05) is 29.6 Å². The molecule has 116 valence electrons. The van der Waals surface area contributed by atoms with Crippen molar-refractivity contribution in [1.82, 2.24) is 25.1 Å². The van der Waals surface area contributed by atoms with Gasteiger partial charge in [-0.1, -0.05) is 34.1 Å². The van der Waals surface area contributed by atoms with Gasteiger partial charge in [0.05, 0.1) is 0 Å². The van der Waals surface area contributed by atoms with Crippen molar-refractivity contribution in [3.63, 3.8) is 0 Å². The first-order valence-electron chi connectivity index (χ1n) is 7.15. The highest BCUT2D eigenvalue weighted by atomic mass is 35.5. The van der Waals surface area contributed by atoms with Crippen molar-refractivity contribution in [2.45, 2.75) is 25.7 Å². The second-order valence-electron chi connectivity index (χ2n) is 5.24.